The van der Waals surface area contributed by atoms with Crippen LogP contribution in [0, 0.1) is 23.7 Å². The lowest BCUT2D eigenvalue weighted by Crippen LogP contribution is -2.56. The van der Waals surface area contributed by atoms with Gasteiger partial charge in [-0.1, -0.05) is 11.6 Å². The third-order valence-electron chi connectivity index (χ3n) is 9.69. The van der Waals surface area contributed by atoms with Crippen molar-refractivity contribution in [1.82, 2.24) is 9.80 Å². The van der Waals surface area contributed by atoms with Crippen LogP contribution in [0.1, 0.15) is 40.0 Å². The molecular formula is C27H42N2O6. The van der Waals surface area contributed by atoms with Crippen LogP contribution >= 0.6 is 0 Å². The number of ether oxygens (including phenoxy) is 5. The van der Waals surface area contributed by atoms with Crippen molar-refractivity contribution < 1.29 is 28.5 Å². The molecule has 2 aliphatic carbocycles. The molecule has 6 rings (SSSR count). The molecule has 0 bridgehead atoms. The molecule has 8 nitrogen and oxygen atoms in total. The molecule has 6 fully saturated rings. The fourth-order valence-corrected chi connectivity index (χ4v) is 7.43. The zero-order valence-electron chi connectivity index (χ0n) is 21.7. The first-order valence-electron chi connectivity index (χ1n) is 13.6. The quantitative estimate of drug-likeness (QED) is 0.401. The van der Waals surface area contributed by atoms with Crippen LogP contribution in [0.4, 0.5) is 4.79 Å². The molecule has 4 heterocycles. The summed E-state index contributed by atoms with van der Waals surface area (Å²) in [4.78, 5) is 17.6. The highest BCUT2D eigenvalue weighted by atomic mass is 16.6. The highest BCUT2D eigenvalue weighted by Gasteiger charge is 2.72. The average molecular weight is 491 g/mol. The summed E-state index contributed by atoms with van der Waals surface area (Å²) in [6.07, 6.45) is 4.29. The van der Waals surface area contributed by atoms with E-state index in [1.165, 1.54) is 5.57 Å². The van der Waals surface area contributed by atoms with Gasteiger partial charge in [0.2, 0.25) is 0 Å². The van der Waals surface area contributed by atoms with Crippen LogP contribution in [0.3, 0.4) is 0 Å². The molecule has 4 saturated heterocycles. The van der Waals surface area contributed by atoms with Crippen LogP contribution in [0.5, 0.6) is 0 Å². The van der Waals surface area contributed by atoms with E-state index in [0.717, 1.165) is 77.7 Å². The number of epoxide rings is 2. The number of hydrogen-bond donors (Lipinski definition) is 0. The van der Waals surface area contributed by atoms with Gasteiger partial charge in [-0.15, -0.1) is 0 Å². The molecule has 196 valence electrons. The van der Waals surface area contributed by atoms with E-state index in [2.05, 4.69) is 31.7 Å². The normalized spacial score (nSPS) is 46.3. The zero-order valence-corrected chi connectivity index (χ0v) is 21.7. The maximum absolute atomic E-state index is 13.2. The first-order valence-corrected chi connectivity index (χ1v) is 13.6. The van der Waals surface area contributed by atoms with Crippen LogP contribution in [-0.2, 0) is 23.7 Å². The van der Waals surface area contributed by atoms with Crippen LogP contribution in [0.25, 0.3) is 0 Å². The summed E-state index contributed by atoms with van der Waals surface area (Å²) < 4.78 is 30.0. The minimum atomic E-state index is -0.309. The molecule has 4 aliphatic heterocycles. The summed E-state index contributed by atoms with van der Waals surface area (Å²) in [5.41, 5.74) is 0.797. The predicted octanol–water partition coefficient (Wildman–Crippen LogP) is 2.71. The Bertz CT molecular complexity index is 839. The Labute approximate surface area is 209 Å². The Morgan fingerprint density at radius 3 is 2.51 bits per heavy atom. The Morgan fingerprint density at radius 1 is 1.17 bits per heavy atom. The van der Waals surface area contributed by atoms with E-state index in [0.29, 0.717) is 11.8 Å². The Kier molecular flexibility index (Phi) is 6.20. The van der Waals surface area contributed by atoms with Gasteiger partial charge in [0.1, 0.15) is 23.4 Å². The molecule has 0 aromatic heterocycles. The molecule has 0 radical (unpaired) electrons. The molecule has 6 aliphatic rings. The van der Waals surface area contributed by atoms with Crippen LogP contribution in [0.2, 0.25) is 0 Å². The summed E-state index contributed by atoms with van der Waals surface area (Å²) in [5, 5.41) is 0. The van der Waals surface area contributed by atoms with Gasteiger partial charge in [-0.3, -0.25) is 4.90 Å². The number of carbonyl (C=O) groups excluding carboxylic acids is 1. The number of amides is 1. The van der Waals surface area contributed by atoms with Gasteiger partial charge in [0.25, 0.3) is 0 Å². The second-order valence-electron chi connectivity index (χ2n) is 12.1. The smallest absolute Gasteiger partial charge is 0.410 e. The van der Waals surface area contributed by atoms with Gasteiger partial charge in [0.05, 0.1) is 31.8 Å². The third kappa shape index (κ3) is 4.43. The Balaban J connectivity index is 1.05. The lowest BCUT2D eigenvalue weighted by molar-refractivity contribution is -0.121. The average Bonchev–Trinajstić information content (AvgIpc) is 3.80. The van der Waals surface area contributed by atoms with Gasteiger partial charge in [-0.25, -0.2) is 4.79 Å². The maximum Gasteiger partial charge on any atom is 0.410 e. The van der Waals surface area contributed by atoms with Crippen molar-refractivity contribution in [2.45, 2.75) is 69.5 Å². The molecule has 2 saturated carbocycles. The second-order valence-corrected chi connectivity index (χ2v) is 12.1. The lowest BCUT2D eigenvalue weighted by Gasteiger charge is -2.43. The van der Waals surface area contributed by atoms with Crippen molar-refractivity contribution in [2.75, 3.05) is 59.7 Å². The van der Waals surface area contributed by atoms with Crippen LogP contribution in [-0.4, -0.2) is 105 Å². The van der Waals surface area contributed by atoms with E-state index in [-0.39, 0.29) is 41.5 Å². The van der Waals surface area contributed by atoms with E-state index < -0.39 is 0 Å². The number of carbonyl (C=O) groups is 1. The summed E-state index contributed by atoms with van der Waals surface area (Å²) in [5.74, 6) is 2.03. The number of likely N-dealkylation sites (tertiary alicyclic amines) is 1. The number of morpholine rings is 1. The molecule has 0 N–H and O–H groups in total. The topological polar surface area (TPSA) is 76.3 Å². The highest BCUT2D eigenvalue weighted by molar-refractivity contribution is 5.68. The number of allylic oxidation sites excluding steroid dienone is 1. The van der Waals surface area contributed by atoms with Crippen molar-refractivity contribution in [3.05, 3.63) is 11.6 Å². The number of hydrogen-bond acceptors (Lipinski definition) is 7. The first-order chi connectivity index (χ1) is 16.8. The second kappa shape index (κ2) is 8.98. The summed E-state index contributed by atoms with van der Waals surface area (Å²) >= 11 is 0. The van der Waals surface area contributed by atoms with Crippen molar-refractivity contribution in [3.8, 4) is 0 Å². The van der Waals surface area contributed by atoms with E-state index in [1.54, 1.807) is 7.11 Å². The number of nitrogens with zero attached hydrogens (tertiary/aromatic N) is 2. The van der Waals surface area contributed by atoms with Crippen LogP contribution in [0.15, 0.2) is 11.6 Å². The fraction of sp³-hybridized carbons (Fsp3) is 0.889. The van der Waals surface area contributed by atoms with Crippen molar-refractivity contribution in [2.24, 2.45) is 23.7 Å². The van der Waals surface area contributed by atoms with E-state index >= 15 is 0 Å². The minimum absolute atomic E-state index is 0.0620. The molecular weight excluding hydrogens is 448 g/mol. The number of rotatable bonds is 7. The molecule has 8 heteroatoms. The molecule has 1 spiro atoms. The van der Waals surface area contributed by atoms with Gasteiger partial charge >= 0.3 is 6.09 Å². The van der Waals surface area contributed by atoms with Crippen LogP contribution < -0.4 is 0 Å². The standard InChI is InChI=1S/C27H42N2O6/c1-17(2)5-6-22-26(3,35-22)24-23(31-4)21(7-8-27(24)16-33-27)34-25(30)29-14-19-18(20(19)15-29)13-28-9-11-32-12-10-28/h5,18-24H,6-16H2,1-4H3/t18-,19-,20+,21-,22-,23-,24-,26+,27+/m1/s1. The molecule has 9 atom stereocenters. The highest BCUT2D eigenvalue weighted by Crippen LogP contribution is 2.60. The number of methoxy groups -OCH3 is 1. The fourth-order valence-electron chi connectivity index (χ4n) is 7.43. The van der Waals surface area contributed by atoms with E-state index in [1.807, 2.05) is 4.90 Å². The SMILES string of the molecule is CO[C@@H]1[C@H](OC(=O)N2C[C@@H]3[C@@H](CN4CCOCC4)[C@@H]3C2)CC[C@]2(CO2)[C@H]1[C@@]1(C)O[C@@H]1CC=C(C)C. The number of fused-ring (bicyclic) bond motifs is 1. The largest absolute Gasteiger partial charge is 0.443 e. The van der Waals surface area contributed by atoms with E-state index in [4.69, 9.17) is 23.7 Å². The van der Waals surface area contributed by atoms with Gasteiger partial charge in [-0.2, -0.15) is 0 Å². The monoisotopic (exact) mass is 490 g/mol. The molecule has 1 amide bonds. The minimum Gasteiger partial charge on any atom is -0.443 e. The first kappa shape index (κ1) is 24.2. The molecule has 0 unspecified atom stereocenters. The van der Waals surface area contributed by atoms with Gasteiger partial charge in [0.15, 0.2) is 0 Å². The Hall–Kier alpha value is -1.19. The molecule has 0 aromatic carbocycles. The van der Waals surface area contributed by atoms with E-state index in [9.17, 15) is 4.79 Å². The zero-order chi connectivity index (χ0) is 24.4. The summed E-state index contributed by atoms with van der Waals surface area (Å²) in [7, 11) is 1.73. The van der Waals surface area contributed by atoms with Gasteiger partial charge in [0, 0.05) is 39.8 Å². The van der Waals surface area contributed by atoms with Crippen molar-refractivity contribution in [3.63, 3.8) is 0 Å². The van der Waals surface area contributed by atoms with Crippen molar-refractivity contribution >= 4 is 6.09 Å². The predicted molar refractivity (Wildman–Crippen MR) is 129 cm³/mol. The molecule has 35 heavy (non-hydrogen) atoms. The Morgan fingerprint density at radius 2 is 1.89 bits per heavy atom. The van der Waals surface area contributed by atoms with Gasteiger partial charge in [-0.05, 0) is 57.8 Å². The third-order valence-corrected chi connectivity index (χ3v) is 9.69. The maximum atomic E-state index is 13.2. The van der Waals surface area contributed by atoms with Crippen molar-refractivity contribution in [1.29, 1.82) is 0 Å². The van der Waals surface area contributed by atoms with Gasteiger partial charge < -0.3 is 28.6 Å². The lowest BCUT2D eigenvalue weighted by atomic mass is 9.68. The molecule has 0 aromatic rings. The number of piperidine rings is 1. The summed E-state index contributed by atoms with van der Waals surface area (Å²) in [6, 6.07) is 0. The summed E-state index contributed by atoms with van der Waals surface area (Å²) in [6.45, 7) is 13.7.